The van der Waals surface area contributed by atoms with E-state index in [1.165, 1.54) is 6.92 Å². The molecule has 0 aliphatic carbocycles. The number of pyridine rings is 2. The third kappa shape index (κ3) is 3.22. The number of hydrogen-bond acceptors (Lipinski definition) is 4. The number of carbonyl (C=O) groups excluding carboxylic acids is 1. The van der Waals surface area contributed by atoms with Crippen molar-refractivity contribution >= 4 is 5.91 Å². The van der Waals surface area contributed by atoms with Gasteiger partial charge < -0.3 is 15.2 Å². The molecule has 1 saturated heterocycles. The van der Waals surface area contributed by atoms with Gasteiger partial charge in [0.2, 0.25) is 5.91 Å². The van der Waals surface area contributed by atoms with Gasteiger partial charge in [0.1, 0.15) is 0 Å². The molecule has 6 nitrogen and oxygen atoms in total. The first-order valence-corrected chi connectivity index (χ1v) is 8.75. The van der Waals surface area contributed by atoms with Gasteiger partial charge in [-0.1, -0.05) is 6.07 Å². The van der Waals surface area contributed by atoms with Crippen LogP contribution < -0.4 is 16.2 Å². The Morgan fingerprint density at radius 3 is 3.00 bits per heavy atom. The lowest BCUT2D eigenvalue weighted by atomic mass is 9.83. The molecule has 2 atom stereocenters. The maximum Gasteiger partial charge on any atom is 0.251 e. The summed E-state index contributed by atoms with van der Waals surface area (Å²) in [5.74, 6) is 0.895. The van der Waals surface area contributed by atoms with Crippen LogP contribution in [0.4, 0.5) is 0 Å². The van der Waals surface area contributed by atoms with Crippen molar-refractivity contribution in [2.45, 2.75) is 32.4 Å². The van der Waals surface area contributed by atoms with E-state index >= 15 is 0 Å². The van der Waals surface area contributed by atoms with Gasteiger partial charge in [-0.3, -0.25) is 14.6 Å². The standard InChI is InChI=1S/C19H22N4O2/c1-12(24)21-8-13-2-3-17(22-9-13)15-5-18-16-4-14(7-20-10-16)11-23(18)19(25)6-15/h2-3,5-6,9,14,16,20H,4,7-8,10-11H2,1H3,(H,21,24)/t14-,16+/m0/s1. The van der Waals surface area contributed by atoms with Gasteiger partial charge in [-0.15, -0.1) is 0 Å². The number of carbonyl (C=O) groups is 1. The first-order chi connectivity index (χ1) is 12.1. The topological polar surface area (TPSA) is 76.0 Å². The molecule has 4 heterocycles. The zero-order chi connectivity index (χ0) is 17.4. The third-order valence-electron chi connectivity index (χ3n) is 5.12. The number of fused-ring (bicyclic) bond motifs is 4. The number of piperidine rings is 1. The molecule has 6 heteroatoms. The van der Waals surface area contributed by atoms with Crippen molar-refractivity contribution in [1.29, 1.82) is 0 Å². The molecule has 0 spiro atoms. The molecule has 2 bridgehead atoms. The molecule has 4 rings (SSSR count). The number of nitrogens with zero attached hydrogens (tertiary/aromatic N) is 2. The van der Waals surface area contributed by atoms with Crippen molar-refractivity contribution < 1.29 is 4.79 Å². The summed E-state index contributed by atoms with van der Waals surface area (Å²) in [6.07, 6.45) is 2.90. The van der Waals surface area contributed by atoms with Crippen molar-refractivity contribution in [3.05, 3.63) is 52.1 Å². The molecule has 0 aromatic carbocycles. The summed E-state index contributed by atoms with van der Waals surface area (Å²) < 4.78 is 1.94. The van der Waals surface area contributed by atoms with Gasteiger partial charge in [0, 0.05) is 56.0 Å². The monoisotopic (exact) mass is 338 g/mol. The molecule has 2 aromatic rings. The maximum atomic E-state index is 12.6. The molecule has 2 aromatic heterocycles. The van der Waals surface area contributed by atoms with Gasteiger partial charge in [0.15, 0.2) is 0 Å². The first-order valence-electron chi connectivity index (χ1n) is 8.75. The Kier molecular flexibility index (Phi) is 4.13. The van der Waals surface area contributed by atoms with E-state index in [1.807, 2.05) is 16.7 Å². The molecule has 1 fully saturated rings. The minimum atomic E-state index is -0.0637. The van der Waals surface area contributed by atoms with E-state index in [0.29, 0.717) is 18.4 Å². The smallest absolute Gasteiger partial charge is 0.251 e. The van der Waals surface area contributed by atoms with Gasteiger partial charge in [0.25, 0.3) is 5.56 Å². The summed E-state index contributed by atoms with van der Waals surface area (Å²) in [6, 6.07) is 7.65. The summed E-state index contributed by atoms with van der Waals surface area (Å²) in [5, 5.41) is 6.23. The number of amides is 1. The average molecular weight is 338 g/mol. The number of nitrogens with one attached hydrogen (secondary N) is 2. The van der Waals surface area contributed by atoms with Crippen LogP contribution in [0.15, 0.2) is 35.3 Å². The zero-order valence-electron chi connectivity index (χ0n) is 14.3. The van der Waals surface area contributed by atoms with Crippen LogP contribution in [0.3, 0.4) is 0 Å². The molecule has 0 unspecified atom stereocenters. The summed E-state index contributed by atoms with van der Waals surface area (Å²) >= 11 is 0. The van der Waals surface area contributed by atoms with Crippen molar-refractivity contribution in [2.24, 2.45) is 5.92 Å². The fraction of sp³-hybridized carbons (Fsp3) is 0.421. The van der Waals surface area contributed by atoms with Gasteiger partial charge >= 0.3 is 0 Å². The molecule has 2 N–H and O–H groups in total. The largest absolute Gasteiger partial charge is 0.352 e. The van der Waals surface area contributed by atoms with E-state index in [0.717, 1.165) is 48.6 Å². The van der Waals surface area contributed by atoms with Crippen LogP contribution in [-0.4, -0.2) is 28.5 Å². The fourth-order valence-corrected chi connectivity index (χ4v) is 3.88. The van der Waals surface area contributed by atoms with E-state index in [4.69, 9.17) is 0 Å². The van der Waals surface area contributed by atoms with Crippen LogP contribution in [0.2, 0.25) is 0 Å². The Balaban J connectivity index is 1.64. The third-order valence-corrected chi connectivity index (χ3v) is 5.12. The number of rotatable bonds is 3. The first kappa shape index (κ1) is 16.0. The highest BCUT2D eigenvalue weighted by Crippen LogP contribution is 2.33. The van der Waals surface area contributed by atoms with Crippen molar-refractivity contribution in [3.63, 3.8) is 0 Å². The Hall–Kier alpha value is -2.47. The molecule has 130 valence electrons. The quantitative estimate of drug-likeness (QED) is 0.883. The molecular formula is C19H22N4O2. The Morgan fingerprint density at radius 1 is 1.36 bits per heavy atom. The predicted octanol–water partition coefficient (Wildman–Crippen LogP) is 1.25. The zero-order valence-corrected chi connectivity index (χ0v) is 14.3. The Bertz CT molecular complexity index is 857. The second-order valence-corrected chi connectivity index (χ2v) is 7.04. The van der Waals surface area contributed by atoms with E-state index in [2.05, 4.69) is 21.7 Å². The van der Waals surface area contributed by atoms with Gasteiger partial charge in [0.05, 0.1) is 5.69 Å². The van der Waals surface area contributed by atoms with Crippen LogP contribution in [0, 0.1) is 5.92 Å². The molecule has 0 radical (unpaired) electrons. The molecular weight excluding hydrogens is 316 g/mol. The van der Waals surface area contributed by atoms with Gasteiger partial charge in [-0.05, 0) is 36.6 Å². The Morgan fingerprint density at radius 2 is 2.24 bits per heavy atom. The van der Waals surface area contributed by atoms with E-state index in [1.54, 1.807) is 12.3 Å². The minimum absolute atomic E-state index is 0.0632. The second-order valence-electron chi connectivity index (χ2n) is 7.04. The predicted molar refractivity (Wildman–Crippen MR) is 95.2 cm³/mol. The van der Waals surface area contributed by atoms with Crippen molar-refractivity contribution in [1.82, 2.24) is 20.2 Å². The summed E-state index contributed by atoms with van der Waals surface area (Å²) in [4.78, 5) is 28.1. The maximum absolute atomic E-state index is 12.6. The summed E-state index contributed by atoms with van der Waals surface area (Å²) in [7, 11) is 0. The summed E-state index contributed by atoms with van der Waals surface area (Å²) in [6.45, 7) is 4.70. The SMILES string of the molecule is CC(=O)NCc1ccc(-c2cc3n(c(=O)c2)C[C@@H]2CNC[C@H]3C2)nc1. The molecule has 2 aliphatic rings. The van der Waals surface area contributed by atoms with E-state index < -0.39 is 0 Å². The average Bonchev–Trinajstić information content (AvgIpc) is 2.61. The minimum Gasteiger partial charge on any atom is -0.352 e. The lowest BCUT2D eigenvalue weighted by Gasteiger charge is -2.37. The second kappa shape index (κ2) is 6.44. The fourth-order valence-electron chi connectivity index (χ4n) is 3.88. The molecule has 0 saturated carbocycles. The lowest BCUT2D eigenvalue weighted by Crippen LogP contribution is -2.44. The van der Waals surface area contributed by atoms with Gasteiger partial charge in [-0.2, -0.15) is 0 Å². The summed E-state index contributed by atoms with van der Waals surface area (Å²) in [5.41, 5.74) is 3.78. The number of aromatic nitrogens is 2. The van der Waals surface area contributed by atoms with Crippen molar-refractivity contribution in [2.75, 3.05) is 13.1 Å². The van der Waals surface area contributed by atoms with E-state index in [-0.39, 0.29) is 11.5 Å². The highest BCUT2D eigenvalue weighted by atomic mass is 16.1. The van der Waals surface area contributed by atoms with Crippen LogP contribution >= 0.6 is 0 Å². The van der Waals surface area contributed by atoms with Crippen LogP contribution in [0.5, 0.6) is 0 Å². The highest BCUT2D eigenvalue weighted by Gasteiger charge is 2.31. The Labute approximate surface area is 146 Å². The molecule has 2 aliphatic heterocycles. The van der Waals surface area contributed by atoms with Gasteiger partial charge in [-0.25, -0.2) is 0 Å². The molecule has 25 heavy (non-hydrogen) atoms. The highest BCUT2D eigenvalue weighted by molar-refractivity contribution is 5.72. The van der Waals surface area contributed by atoms with Crippen LogP contribution in [0.25, 0.3) is 11.3 Å². The lowest BCUT2D eigenvalue weighted by molar-refractivity contribution is -0.119. The van der Waals surface area contributed by atoms with E-state index in [9.17, 15) is 9.59 Å². The molecule has 1 amide bonds. The van der Waals surface area contributed by atoms with Crippen molar-refractivity contribution in [3.8, 4) is 11.3 Å². The van der Waals surface area contributed by atoms with Crippen LogP contribution in [-0.2, 0) is 17.9 Å². The normalized spacial score (nSPS) is 21.5. The number of hydrogen-bond donors (Lipinski definition) is 2. The van der Waals surface area contributed by atoms with Crippen LogP contribution in [0.1, 0.15) is 30.5 Å².